The Balaban J connectivity index is 2.11. The number of fused-ring (bicyclic) bond motifs is 2. The number of rotatable bonds is 6. The molecule has 2 N–H and O–H groups in total. The summed E-state index contributed by atoms with van der Waals surface area (Å²) in [6.07, 6.45) is 0. The molecule has 142 valence electrons. The SMILES string of the molecule is C/N=c1/c2cc(CN(C)CCN(C)C)ccc2oc2cccc(C(N)=O)c12. The number of primary amides is 1. The summed E-state index contributed by atoms with van der Waals surface area (Å²) in [5, 5.41) is 2.29. The van der Waals surface area contributed by atoms with Gasteiger partial charge in [0, 0.05) is 32.1 Å². The normalized spacial score (nSPS) is 12.6. The fourth-order valence-corrected chi connectivity index (χ4v) is 3.26. The van der Waals surface area contributed by atoms with Gasteiger partial charge in [-0.05, 0) is 51.0 Å². The second kappa shape index (κ2) is 7.90. The highest BCUT2D eigenvalue weighted by Crippen LogP contribution is 2.22. The number of likely N-dealkylation sites (N-methyl/N-ethyl adjacent to an activating group) is 2. The van der Waals surface area contributed by atoms with E-state index in [9.17, 15) is 4.79 Å². The van der Waals surface area contributed by atoms with Crippen LogP contribution in [0.3, 0.4) is 0 Å². The molecule has 0 fully saturated rings. The maximum absolute atomic E-state index is 11.9. The van der Waals surface area contributed by atoms with E-state index in [1.54, 1.807) is 19.2 Å². The average Bonchev–Trinajstić information content (AvgIpc) is 2.64. The minimum absolute atomic E-state index is 0.423. The fraction of sp³-hybridized carbons (Fsp3) is 0.333. The average molecular weight is 366 g/mol. The van der Waals surface area contributed by atoms with Crippen molar-refractivity contribution < 1.29 is 9.21 Å². The Kier molecular flexibility index (Phi) is 5.58. The monoisotopic (exact) mass is 366 g/mol. The predicted octanol–water partition coefficient (Wildman–Crippen LogP) is 2.21. The third-order valence-corrected chi connectivity index (χ3v) is 4.65. The molecular weight excluding hydrogens is 340 g/mol. The topological polar surface area (TPSA) is 75.1 Å². The number of carbonyl (C=O) groups excluding carboxylic acids is 1. The molecule has 0 spiro atoms. The van der Waals surface area contributed by atoms with Gasteiger partial charge in [0.15, 0.2) is 0 Å². The standard InChI is InChI=1S/C21H26N4O2/c1-23-20-16-12-14(13-25(4)11-10-24(2)3)8-9-17(16)27-18-7-5-6-15(19(18)20)21(22)26/h5-9,12H,10-11,13H2,1-4H3,(H2,22,26)/b23-20-. The Morgan fingerprint density at radius 2 is 1.89 bits per heavy atom. The van der Waals surface area contributed by atoms with Gasteiger partial charge in [-0.1, -0.05) is 12.1 Å². The summed E-state index contributed by atoms with van der Waals surface area (Å²) in [4.78, 5) is 20.8. The summed E-state index contributed by atoms with van der Waals surface area (Å²) >= 11 is 0. The summed E-state index contributed by atoms with van der Waals surface area (Å²) in [5.74, 6) is -0.486. The summed E-state index contributed by atoms with van der Waals surface area (Å²) in [6, 6.07) is 11.4. The van der Waals surface area contributed by atoms with Crippen molar-refractivity contribution in [2.24, 2.45) is 10.7 Å². The van der Waals surface area contributed by atoms with Gasteiger partial charge in [-0.2, -0.15) is 0 Å². The van der Waals surface area contributed by atoms with Crippen LogP contribution in [-0.4, -0.2) is 57.0 Å². The summed E-state index contributed by atoms with van der Waals surface area (Å²) < 4.78 is 6.03. The van der Waals surface area contributed by atoms with Crippen LogP contribution in [-0.2, 0) is 6.54 Å². The van der Waals surface area contributed by atoms with Crippen LogP contribution in [0.2, 0.25) is 0 Å². The molecular formula is C21H26N4O2. The van der Waals surface area contributed by atoms with Crippen molar-refractivity contribution in [2.75, 3.05) is 41.3 Å². The lowest BCUT2D eigenvalue weighted by molar-refractivity contribution is 0.100. The number of hydrogen-bond acceptors (Lipinski definition) is 5. The van der Waals surface area contributed by atoms with Gasteiger partial charge >= 0.3 is 0 Å². The van der Waals surface area contributed by atoms with Gasteiger partial charge < -0.3 is 20.0 Å². The molecule has 3 aromatic rings. The molecule has 1 aromatic heterocycles. The molecule has 6 nitrogen and oxygen atoms in total. The van der Waals surface area contributed by atoms with E-state index in [4.69, 9.17) is 10.2 Å². The lowest BCUT2D eigenvalue weighted by Gasteiger charge is -2.19. The minimum Gasteiger partial charge on any atom is -0.456 e. The highest BCUT2D eigenvalue weighted by molar-refractivity contribution is 6.06. The maximum atomic E-state index is 11.9. The number of hydrogen-bond donors (Lipinski definition) is 1. The van der Waals surface area contributed by atoms with Crippen molar-refractivity contribution >= 4 is 27.8 Å². The molecule has 0 saturated heterocycles. The molecule has 0 atom stereocenters. The van der Waals surface area contributed by atoms with E-state index in [1.807, 2.05) is 12.1 Å². The number of amides is 1. The van der Waals surface area contributed by atoms with Crippen LogP contribution in [0.15, 0.2) is 45.8 Å². The number of benzene rings is 2. The Morgan fingerprint density at radius 1 is 1.11 bits per heavy atom. The summed E-state index contributed by atoms with van der Waals surface area (Å²) in [7, 11) is 7.97. The minimum atomic E-state index is -0.486. The van der Waals surface area contributed by atoms with E-state index in [0.29, 0.717) is 16.5 Å². The molecule has 0 aliphatic rings. The van der Waals surface area contributed by atoms with Crippen molar-refractivity contribution in [3.8, 4) is 0 Å². The molecule has 0 bridgehead atoms. The van der Waals surface area contributed by atoms with Gasteiger partial charge in [-0.15, -0.1) is 0 Å². The van der Waals surface area contributed by atoms with Crippen LogP contribution in [0.4, 0.5) is 0 Å². The predicted molar refractivity (Wildman–Crippen MR) is 109 cm³/mol. The smallest absolute Gasteiger partial charge is 0.249 e. The number of carbonyl (C=O) groups is 1. The van der Waals surface area contributed by atoms with Gasteiger partial charge in [0.25, 0.3) is 0 Å². The molecule has 0 aliphatic heterocycles. The highest BCUT2D eigenvalue weighted by atomic mass is 16.3. The second-order valence-electron chi connectivity index (χ2n) is 7.09. The number of nitrogens with zero attached hydrogens (tertiary/aromatic N) is 3. The van der Waals surface area contributed by atoms with Crippen molar-refractivity contribution in [3.05, 3.63) is 52.9 Å². The van der Waals surface area contributed by atoms with Crippen molar-refractivity contribution in [1.29, 1.82) is 0 Å². The summed E-state index contributed by atoms with van der Waals surface area (Å²) in [5.41, 5.74) is 8.50. The molecule has 0 aliphatic carbocycles. The van der Waals surface area contributed by atoms with Crippen molar-refractivity contribution in [2.45, 2.75) is 6.54 Å². The van der Waals surface area contributed by atoms with E-state index in [0.717, 1.165) is 36.0 Å². The van der Waals surface area contributed by atoms with E-state index >= 15 is 0 Å². The van der Waals surface area contributed by atoms with Crippen molar-refractivity contribution in [1.82, 2.24) is 9.80 Å². The zero-order chi connectivity index (χ0) is 19.6. The van der Waals surface area contributed by atoms with E-state index < -0.39 is 5.91 Å². The quantitative estimate of drug-likeness (QED) is 0.679. The molecule has 0 radical (unpaired) electrons. The molecule has 0 unspecified atom stereocenters. The van der Waals surface area contributed by atoms with Gasteiger partial charge in [0.2, 0.25) is 5.91 Å². The first kappa shape index (κ1) is 19.1. The maximum Gasteiger partial charge on any atom is 0.249 e. The lowest BCUT2D eigenvalue weighted by Crippen LogP contribution is -2.28. The molecule has 27 heavy (non-hydrogen) atoms. The number of nitrogens with two attached hydrogens (primary N) is 1. The van der Waals surface area contributed by atoms with Gasteiger partial charge in [0.1, 0.15) is 11.2 Å². The summed E-state index contributed by atoms with van der Waals surface area (Å²) in [6.45, 7) is 2.80. The molecule has 3 rings (SSSR count). The molecule has 0 saturated carbocycles. The second-order valence-corrected chi connectivity index (χ2v) is 7.09. The van der Waals surface area contributed by atoms with E-state index in [2.05, 4.69) is 48.1 Å². The lowest BCUT2D eigenvalue weighted by atomic mass is 10.0. The van der Waals surface area contributed by atoms with Crippen LogP contribution in [0.1, 0.15) is 15.9 Å². The van der Waals surface area contributed by atoms with Crippen LogP contribution in [0.25, 0.3) is 21.9 Å². The highest BCUT2D eigenvalue weighted by Gasteiger charge is 2.13. The van der Waals surface area contributed by atoms with Crippen LogP contribution in [0, 0.1) is 0 Å². The Hall–Kier alpha value is -2.70. The Bertz CT molecular complexity index is 1050. The first-order chi connectivity index (χ1) is 12.9. The Morgan fingerprint density at radius 3 is 2.56 bits per heavy atom. The van der Waals surface area contributed by atoms with Gasteiger partial charge in [0.05, 0.1) is 16.3 Å². The van der Waals surface area contributed by atoms with Crippen LogP contribution >= 0.6 is 0 Å². The molecule has 1 amide bonds. The largest absolute Gasteiger partial charge is 0.456 e. The molecule has 2 aromatic carbocycles. The fourth-order valence-electron chi connectivity index (χ4n) is 3.26. The molecule has 1 heterocycles. The Labute approximate surface area is 158 Å². The van der Waals surface area contributed by atoms with Gasteiger partial charge in [-0.3, -0.25) is 9.79 Å². The van der Waals surface area contributed by atoms with Crippen LogP contribution < -0.4 is 11.1 Å². The zero-order valence-electron chi connectivity index (χ0n) is 16.3. The third kappa shape index (κ3) is 4.02. The van der Waals surface area contributed by atoms with E-state index in [-0.39, 0.29) is 0 Å². The third-order valence-electron chi connectivity index (χ3n) is 4.65. The van der Waals surface area contributed by atoms with Gasteiger partial charge in [-0.25, -0.2) is 0 Å². The van der Waals surface area contributed by atoms with Crippen LogP contribution in [0.5, 0.6) is 0 Å². The first-order valence-corrected chi connectivity index (χ1v) is 8.95. The first-order valence-electron chi connectivity index (χ1n) is 8.95. The van der Waals surface area contributed by atoms with E-state index in [1.165, 1.54) is 5.56 Å². The molecule has 6 heteroatoms. The zero-order valence-corrected chi connectivity index (χ0v) is 16.3. The van der Waals surface area contributed by atoms with Crippen molar-refractivity contribution in [3.63, 3.8) is 0 Å².